The molecule has 2 aromatic carbocycles. The van der Waals surface area contributed by atoms with Crippen LogP contribution in [0.4, 0.5) is 4.39 Å². The van der Waals surface area contributed by atoms with Crippen LogP contribution in [0.5, 0.6) is 5.75 Å². The van der Waals surface area contributed by atoms with E-state index in [-0.39, 0.29) is 12.4 Å². The number of rotatable bonds is 4. The van der Waals surface area contributed by atoms with E-state index in [1.165, 1.54) is 12.1 Å². The van der Waals surface area contributed by atoms with E-state index in [1.54, 1.807) is 25.3 Å². The minimum Gasteiger partial charge on any atom is -0.497 e. The third-order valence-electron chi connectivity index (χ3n) is 3.38. The Labute approximate surface area is 126 Å². The molecule has 0 radical (unpaired) electrons. The van der Waals surface area contributed by atoms with Crippen LogP contribution in [0.15, 0.2) is 53.1 Å². The number of aliphatic hydroxyl groups is 1. The van der Waals surface area contributed by atoms with E-state index >= 15 is 0 Å². The maximum atomic E-state index is 13.4. The molecule has 0 aliphatic heterocycles. The zero-order valence-electron chi connectivity index (χ0n) is 11.9. The van der Waals surface area contributed by atoms with Crippen molar-refractivity contribution in [2.45, 2.75) is 6.61 Å². The highest BCUT2D eigenvalue weighted by molar-refractivity contribution is 5.73. The van der Waals surface area contributed by atoms with Gasteiger partial charge in [-0.25, -0.2) is 4.39 Å². The van der Waals surface area contributed by atoms with Crippen LogP contribution in [0.25, 0.3) is 22.6 Å². The number of ether oxygens (including phenoxy) is 1. The molecule has 0 spiro atoms. The lowest BCUT2D eigenvalue weighted by molar-refractivity contribution is 0.281. The molecule has 1 N–H and O–H groups in total. The second-order valence-electron chi connectivity index (χ2n) is 4.74. The van der Waals surface area contributed by atoms with E-state index < -0.39 is 0 Å². The second kappa shape index (κ2) is 5.99. The van der Waals surface area contributed by atoms with Crippen LogP contribution in [0, 0.1) is 5.82 Å². The van der Waals surface area contributed by atoms with Crippen molar-refractivity contribution in [2.24, 2.45) is 0 Å². The van der Waals surface area contributed by atoms with Gasteiger partial charge < -0.3 is 14.4 Å². The lowest BCUT2D eigenvalue weighted by atomic mass is 10.0. The predicted molar refractivity (Wildman–Crippen MR) is 79.8 cm³/mol. The Morgan fingerprint density at radius 3 is 2.64 bits per heavy atom. The van der Waals surface area contributed by atoms with Crippen molar-refractivity contribution < 1.29 is 18.8 Å². The molecule has 0 unspecified atom stereocenters. The summed E-state index contributed by atoms with van der Waals surface area (Å²) < 4.78 is 23.9. The van der Waals surface area contributed by atoms with Gasteiger partial charge in [-0.05, 0) is 24.3 Å². The number of hydrogen-bond acceptors (Lipinski definition) is 4. The minimum absolute atomic E-state index is 0.262. The molecule has 1 aromatic heterocycles. The van der Waals surface area contributed by atoms with Gasteiger partial charge in [-0.1, -0.05) is 29.4 Å². The van der Waals surface area contributed by atoms with Crippen molar-refractivity contribution in [3.05, 3.63) is 59.9 Å². The van der Waals surface area contributed by atoms with Crippen LogP contribution in [0.1, 0.15) is 5.56 Å². The first-order chi connectivity index (χ1) is 10.7. The van der Waals surface area contributed by atoms with Gasteiger partial charge in [-0.2, -0.15) is 0 Å². The molecule has 0 atom stereocenters. The molecule has 1 heterocycles. The van der Waals surface area contributed by atoms with Gasteiger partial charge in [0.05, 0.1) is 19.3 Å². The molecule has 0 saturated heterocycles. The summed E-state index contributed by atoms with van der Waals surface area (Å²) in [5.74, 6) is 0.664. The van der Waals surface area contributed by atoms with Gasteiger partial charge in [0.15, 0.2) is 5.76 Å². The predicted octanol–water partition coefficient (Wildman–Crippen LogP) is 3.65. The summed E-state index contributed by atoms with van der Waals surface area (Å²) in [6, 6.07) is 13.3. The van der Waals surface area contributed by atoms with Gasteiger partial charge in [0.1, 0.15) is 17.3 Å². The van der Waals surface area contributed by atoms with E-state index in [0.717, 1.165) is 5.56 Å². The maximum Gasteiger partial charge on any atom is 0.173 e. The lowest BCUT2D eigenvalue weighted by Crippen LogP contribution is -1.90. The fourth-order valence-corrected chi connectivity index (χ4v) is 2.31. The van der Waals surface area contributed by atoms with Crippen LogP contribution in [0.3, 0.4) is 0 Å². The fourth-order valence-electron chi connectivity index (χ4n) is 2.31. The van der Waals surface area contributed by atoms with E-state index in [9.17, 15) is 9.50 Å². The Hall–Kier alpha value is -2.66. The Morgan fingerprint density at radius 1 is 1.14 bits per heavy atom. The molecule has 3 aromatic rings. The molecule has 112 valence electrons. The van der Waals surface area contributed by atoms with Crippen molar-refractivity contribution in [3.8, 4) is 28.3 Å². The van der Waals surface area contributed by atoms with Crippen LogP contribution in [0.2, 0.25) is 0 Å². The Balaban J connectivity index is 2.11. The Morgan fingerprint density at radius 2 is 1.91 bits per heavy atom. The highest BCUT2D eigenvalue weighted by Crippen LogP contribution is 2.33. The van der Waals surface area contributed by atoms with Crippen molar-refractivity contribution in [3.63, 3.8) is 0 Å². The van der Waals surface area contributed by atoms with E-state index in [1.807, 2.05) is 18.2 Å². The van der Waals surface area contributed by atoms with Crippen LogP contribution in [-0.2, 0) is 6.61 Å². The normalized spacial score (nSPS) is 10.7. The van der Waals surface area contributed by atoms with Crippen molar-refractivity contribution in [2.75, 3.05) is 7.11 Å². The minimum atomic E-state index is -0.374. The topological polar surface area (TPSA) is 55.5 Å². The largest absolute Gasteiger partial charge is 0.497 e. The summed E-state index contributed by atoms with van der Waals surface area (Å²) in [7, 11) is 1.58. The molecule has 22 heavy (non-hydrogen) atoms. The Bertz CT molecular complexity index is 798. The van der Waals surface area contributed by atoms with Crippen LogP contribution < -0.4 is 4.74 Å². The van der Waals surface area contributed by atoms with Crippen molar-refractivity contribution in [1.82, 2.24) is 5.16 Å². The summed E-state index contributed by atoms with van der Waals surface area (Å²) >= 11 is 0. The van der Waals surface area contributed by atoms with E-state index in [0.29, 0.717) is 28.3 Å². The zero-order chi connectivity index (χ0) is 15.5. The molecule has 0 saturated carbocycles. The number of hydrogen-bond donors (Lipinski definition) is 1. The van der Waals surface area contributed by atoms with Crippen molar-refractivity contribution in [1.29, 1.82) is 0 Å². The molecule has 0 amide bonds. The average Bonchev–Trinajstić information content (AvgIpc) is 2.99. The molecule has 3 rings (SSSR count). The standard InChI is InChI=1S/C17H14FNO3/c1-21-14-7-3-4-11(9-14)16-15(10-20)17(22-19-16)12-5-2-6-13(18)8-12/h2-9,20H,10H2,1H3. The quantitative estimate of drug-likeness (QED) is 0.799. The van der Waals surface area contributed by atoms with Gasteiger partial charge >= 0.3 is 0 Å². The van der Waals surface area contributed by atoms with Gasteiger partial charge in [-0.3, -0.25) is 0 Å². The van der Waals surface area contributed by atoms with Gasteiger partial charge in [-0.15, -0.1) is 0 Å². The maximum absolute atomic E-state index is 13.4. The summed E-state index contributed by atoms with van der Waals surface area (Å²) in [6.07, 6.45) is 0. The van der Waals surface area contributed by atoms with Gasteiger partial charge in [0, 0.05) is 11.1 Å². The molecule has 0 bridgehead atoms. The second-order valence-corrected chi connectivity index (χ2v) is 4.74. The van der Waals surface area contributed by atoms with Gasteiger partial charge in [0.25, 0.3) is 0 Å². The van der Waals surface area contributed by atoms with Crippen molar-refractivity contribution >= 4 is 0 Å². The summed E-state index contributed by atoms with van der Waals surface area (Å²) in [4.78, 5) is 0. The molecule has 5 heteroatoms. The van der Waals surface area contributed by atoms with E-state index in [2.05, 4.69) is 5.16 Å². The first-order valence-electron chi connectivity index (χ1n) is 6.72. The number of benzene rings is 2. The third kappa shape index (κ3) is 2.58. The molecule has 0 aliphatic rings. The zero-order valence-corrected chi connectivity index (χ0v) is 11.9. The average molecular weight is 299 g/mol. The lowest BCUT2D eigenvalue weighted by Gasteiger charge is -2.04. The highest BCUT2D eigenvalue weighted by Gasteiger charge is 2.19. The molecular formula is C17H14FNO3. The summed E-state index contributed by atoms with van der Waals surface area (Å²) in [5, 5.41) is 13.7. The summed E-state index contributed by atoms with van der Waals surface area (Å²) in [6.45, 7) is -0.262. The third-order valence-corrected chi connectivity index (χ3v) is 3.38. The molecule has 0 fully saturated rings. The van der Waals surface area contributed by atoms with Gasteiger partial charge in [0.2, 0.25) is 0 Å². The number of methoxy groups -OCH3 is 1. The Kier molecular flexibility index (Phi) is 3.89. The monoisotopic (exact) mass is 299 g/mol. The van der Waals surface area contributed by atoms with Crippen LogP contribution >= 0.6 is 0 Å². The molecule has 4 nitrogen and oxygen atoms in total. The first-order valence-corrected chi connectivity index (χ1v) is 6.72. The SMILES string of the molecule is COc1cccc(-c2noc(-c3cccc(F)c3)c2CO)c1. The summed E-state index contributed by atoms with van der Waals surface area (Å²) in [5.41, 5.74) is 2.32. The van der Waals surface area contributed by atoms with Crippen LogP contribution in [-0.4, -0.2) is 17.4 Å². The number of aromatic nitrogens is 1. The highest BCUT2D eigenvalue weighted by atomic mass is 19.1. The first kappa shape index (κ1) is 14.3. The fraction of sp³-hybridized carbons (Fsp3) is 0.118. The molecular weight excluding hydrogens is 285 g/mol. The van der Waals surface area contributed by atoms with E-state index in [4.69, 9.17) is 9.26 Å². The number of halogens is 1. The number of aliphatic hydroxyl groups excluding tert-OH is 1. The number of nitrogens with zero attached hydrogens (tertiary/aromatic N) is 1. The molecule has 0 aliphatic carbocycles. The smallest absolute Gasteiger partial charge is 0.173 e.